The molecule has 8 heteroatoms. The molecule has 0 radical (unpaired) electrons. The Bertz CT molecular complexity index is 826. The van der Waals surface area contributed by atoms with E-state index in [2.05, 4.69) is 32.4 Å². The number of hydrogen-bond donors (Lipinski definition) is 2. The maximum absolute atomic E-state index is 14.0. The molecular weight excluding hydrogens is 499 g/mol. The molecule has 164 valence electrons. The molecule has 0 aliphatic carbocycles. The van der Waals surface area contributed by atoms with Gasteiger partial charge in [-0.25, -0.2) is 8.78 Å². The average Bonchev–Trinajstić information content (AvgIpc) is 2.72. The van der Waals surface area contributed by atoms with E-state index < -0.39 is 11.6 Å². The van der Waals surface area contributed by atoms with E-state index in [4.69, 9.17) is 0 Å². The molecule has 1 aliphatic heterocycles. The van der Waals surface area contributed by atoms with Gasteiger partial charge in [0, 0.05) is 50.7 Å². The van der Waals surface area contributed by atoms with E-state index in [1.807, 2.05) is 18.5 Å². The number of pyridine rings is 1. The van der Waals surface area contributed by atoms with Crippen LogP contribution in [0.15, 0.2) is 41.7 Å². The number of benzene rings is 1. The summed E-state index contributed by atoms with van der Waals surface area (Å²) in [4.78, 5) is 10.5. The van der Waals surface area contributed by atoms with Crippen molar-refractivity contribution in [3.8, 4) is 0 Å². The zero-order chi connectivity index (χ0) is 20.6. The monoisotopic (exact) mass is 529 g/mol. The second-order valence-corrected chi connectivity index (χ2v) is 7.47. The van der Waals surface area contributed by atoms with Gasteiger partial charge in [0.25, 0.3) is 0 Å². The SMILES string of the molecule is CN=C(NCCc1ccncc1C)NC1CCCN(Cc2c(F)cccc2F)C1.I. The minimum atomic E-state index is -0.482. The number of rotatable bonds is 6. The molecule has 0 bridgehead atoms. The van der Waals surface area contributed by atoms with Gasteiger partial charge in [-0.1, -0.05) is 6.07 Å². The fourth-order valence-electron chi connectivity index (χ4n) is 3.71. The molecule has 0 amide bonds. The van der Waals surface area contributed by atoms with Crippen molar-refractivity contribution < 1.29 is 8.78 Å². The van der Waals surface area contributed by atoms with Gasteiger partial charge in [-0.05, 0) is 62.1 Å². The maximum atomic E-state index is 14.0. The Labute approximate surface area is 194 Å². The first kappa shape index (κ1) is 24.5. The normalized spacial score (nSPS) is 17.3. The van der Waals surface area contributed by atoms with Crippen molar-refractivity contribution in [2.75, 3.05) is 26.7 Å². The maximum Gasteiger partial charge on any atom is 0.191 e. The molecule has 1 unspecified atom stereocenters. The van der Waals surface area contributed by atoms with Crippen LogP contribution in [0.2, 0.25) is 0 Å². The summed E-state index contributed by atoms with van der Waals surface area (Å²) in [7, 11) is 1.75. The summed E-state index contributed by atoms with van der Waals surface area (Å²) in [5, 5.41) is 6.80. The zero-order valence-electron chi connectivity index (χ0n) is 17.5. The van der Waals surface area contributed by atoms with Gasteiger partial charge in [-0.15, -0.1) is 24.0 Å². The van der Waals surface area contributed by atoms with Gasteiger partial charge in [0.05, 0.1) is 0 Å². The fraction of sp³-hybridized carbons (Fsp3) is 0.455. The highest BCUT2D eigenvalue weighted by Gasteiger charge is 2.22. The van der Waals surface area contributed by atoms with Crippen LogP contribution in [0.1, 0.15) is 29.5 Å². The van der Waals surface area contributed by atoms with Gasteiger partial charge in [-0.2, -0.15) is 0 Å². The number of nitrogens with one attached hydrogen (secondary N) is 2. The summed E-state index contributed by atoms with van der Waals surface area (Å²) in [5.74, 6) is -0.214. The molecule has 1 fully saturated rings. The third-order valence-electron chi connectivity index (χ3n) is 5.34. The standard InChI is InChI=1S/C22H29F2N5.HI/c1-16-13-26-10-8-17(16)9-11-27-22(25-2)28-18-5-4-12-29(14-18)15-19-20(23)6-3-7-21(19)24;/h3,6-8,10,13,18H,4-5,9,11-12,14-15H2,1-2H3,(H2,25,27,28);1H. The van der Waals surface area contributed by atoms with Gasteiger partial charge in [0.2, 0.25) is 0 Å². The van der Waals surface area contributed by atoms with Gasteiger partial charge >= 0.3 is 0 Å². The van der Waals surface area contributed by atoms with Crippen LogP contribution >= 0.6 is 24.0 Å². The molecule has 0 saturated carbocycles. The molecular formula is C22H30F2IN5. The highest BCUT2D eigenvalue weighted by molar-refractivity contribution is 14.0. The smallest absolute Gasteiger partial charge is 0.191 e. The van der Waals surface area contributed by atoms with E-state index in [0.717, 1.165) is 44.9 Å². The van der Waals surface area contributed by atoms with Gasteiger partial charge < -0.3 is 10.6 Å². The highest BCUT2D eigenvalue weighted by atomic mass is 127. The molecule has 2 aromatic rings. The van der Waals surface area contributed by atoms with Gasteiger partial charge in [0.15, 0.2) is 5.96 Å². The Kier molecular flexibility index (Phi) is 9.90. The molecule has 1 aromatic carbocycles. The lowest BCUT2D eigenvalue weighted by Gasteiger charge is -2.34. The highest BCUT2D eigenvalue weighted by Crippen LogP contribution is 2.18. The molecule has 0 spiro atoms. The molecule has 1 saturated heterocycles. The number of guanidine groups is 1. The van der Waals surface area contributed by atoms with Crippen molar-refractivity contribution in [3.63, 3.8) is 0 Å². The third-order valence-corrected chi connectivity index (χ3v) is 5.34. The molecule has 2 N–H and O–H groups in total. The third kappa shape index (κ3) is 6.87. The number of aryl methyl sites for hydroxylation is 1. The van der Waals surface area contributed by atoms with E-state index >= 15 is 0 Å². The quantitative estimate of drug-likeness (QED) is 0.341. The first-order valence-electron chi connectivity index (χ1n) is 10.1. The number of halogens is 3. The van der Waals surface area contributed by atoms with Crippen LogP contribution in [0.4, 0.5) is 8.78 Å². The predicted molar refractivity (Wildman–Crippen MR) is 127 cm³/mol. The Morgan fingerprint density at radius 3 is 2.73 bits per heavy atom. The molecule has 1 atom stereocenters. The second-order valence-electron chi connectivity index (χ2n) is 7.47. The van der Waals surface area contributed by atoms with Gasteiger partial charge in [0.1, 0.15) is 11.6 Å². The largest absolute Gasteiger partial charge is 0.356 e. The second kappa shape index (κ2) is 12.1. The molecule has 1 aromatic heterocycles. The van der Waals surface area contributed by atoms with E-state index in [-0.39, 0.29) is 42.1 Å². The number of piperidine rings is 1. The summed E-state index contributed by atoms with van der Waals surface area (Å²) in [6.07, 6.45) is 6.54. The summed E-state index contributed by atoms with van der Waals surface area (Å²) >= 11 is 0. The minimum Gasteiger partial charge on any atom is -0.356 e. The van der Waals surface area contributed by atoms with Crippen LogP contribution < -0.4 is 10.6 Å². The van der Waals surface area contributed by atoms with Crippen molar-refractivity contribution in [3.05, 3.63) is 65.0 Å². The first-order chi connectivity index (χ1) is 14.1. The van der Waals surface area contributed by atoms with E-state index in [9.17, 15) is 8.78 Å². The lowest BCUT2D eigenvalue weighted by molar-refractivity contribution is 0.188. The van der Waals surface area contributed by atoms with Crippen molar-refractivity contribution in [2.24, 2.45) is 4.99 Å². The number of aliphatic imine (C=N–C) groups is 1. The molecule has 1 aliphatic rings. The molecule has 3 rings (SSSR count). The predicted octanol–water partition coefficient (Wildman–Crippen LogP) is 3.66. The molecule has 2 heterocycles. The topological polar surface area (TPSA) is 52.6 Å². The lowest BCUT2D eigenvalue weighted by atomic mass is 10.0. The number of likely N-dealkylation sites (tertiary alicyclic amines) is 1. The Morgan fingerprint density at radius 2 is 2.03 bits per heavy atom. The number of aromatic nitrogens is 1. The average molecular weight is 529 g/mol. The van der Waals surface area contributed by atoms with Crippen LogP contribution in [0.5, 0.6) is 0 Å². The molecule has 30 heavy (non-hydrogen) atoms. The van der Waals surface area contributed by atoms with Crippen molar-refractivity contribution in [1.82, 2.24) is 20.5 Å². The minimum absolute atomic E-state index is 0. The van der Waals surface area contributed by atoms with E-state index in [0.29, 0.717) is 0 Å². The number of hydrogen-bond acceptors (Lipinski definition) is 3. The summed E-state index contributed by atoms with van der Waals surface area (Å²) < 4.78 is 27.9. The molecule has 5 nitrogen and oxygen atoms in total. The van der Waals surface area contributed by atoms with Crippen LogP contribution in [0, 0.1) is 18.6 Å². The fourth-order valence-corrected chi connectivity index (χ4v) is 3.71. The van der Waals surface area contributed by atoms with Crippen LogP contribution in [0.3, 0.4) is 0 Å². The first-order valence-corrected chi connectivity index (χ1v) is 10.1. The summed E-state index contributed by atoms with van der Waals surface area (Å²) in [5.41, 5.74) is 2.59. The van der Waals surface area contributed by atoms with Gasteiger partial charge in [-0.3, -0.25) is 14.9 Å². The summed E-state index contributed by atoms with van der Waals surface area (Å²) in [6, 6.07) is 6.25. The van der Waals surface area contributed by atoms with Crippen LogP contribution in [0.25, 0.3) is 0 Å². The van der Waals surface area contributed by atoms with Crippen LogP contribution in [-0.2, 0) is 13.0 Å². The van der Waals surface area contributed by atoms with Crippen LogP contribution in [-0.4, -0.2) is 48.6 Å². The number of nitrogens with zero attached hydrogens (tertiary/aromatic N) is 3. The Morgan fingerprint density at radius 1 is 1.27 bits per heavy atom. The van der Waals surface area contributed by atoms with Crippen molar-refractivity contribution >= 4 is 29.9 Å². The van der Waals surface area contributed by atoms with E-state index in [1.165, 1.54) is 29.3 Å². The van der Waals surface area contributed by atoms with E-state index in [1.54, 1.807) is 7.05 Å². The Hall–Kier alpha value is -1.81. The summed E-state index contributed by atoms with van der Waals surface area (Å²) in [6.45, 7) is 4.66. The Balaban J connectivity index is 0.00000320. The van der Waals surface area contributed by atoms with Crippen molar-refractivity contribution in [2.45, 2.75) is 38.8 Å². The zero-order valence-corrected chi connectivity index (χ0v) is 19.8. The van der Waals surface area contributed by atoms with Crippen molar-refractivity contribution in [1.29, 1.82) is 0 Å². The lowest BCUT2D eigenvalue weighted by Crippen LogP contribution is -2.51.